The van der Waals surface area contributed by atoms with Crippen LogP contribution in [-0.2, 0) is 4.57 Å². The second kappa shape index (κ2) is 2.12. The van der Waals surface area contributed by atoms with Gasteiger partial charge in [0, 0.05) is 6.07 Å². The van der Waals surface area contributed by atoms with Crippen molar-refractivity contribution in [1.29, 1.82) is 0 Å². The Kier molecular flexibility index (Phi) is 1.56. The van der Waals surface area contributed by atoms with Crippen molar-refractivity contribution in [2.24, 2.45) is 0 Å². The minimum Gasteiger partial charge on any atom is -0.454 e. The van der Waals surface area contributed by atoms with Crippen LogP contribution >= 0.6 is 7.60 Å². The molecule has 0 atom stereocenters. The Balaban J connectivity index is 3.08. The van der Waals surface area contributed by atoms with E-state index in [4.69, 9.17) is 15.5 Å². The Morgan fingerprint density at radius 1 is 1.60 bits per heavy atom. The number of hydrogen-bond donors (Lipinski definition) is 3. The highest BCUT2D eigenvalue weighted by Crippen LogP contribution is 2.33. The van der Waals surface area contributed by atoms with Gasteiger partial charge in [-0.15, -0.1) is 0 Å². The van der Waals surface area contributed by atoms with E-state index in [-0.39, 0.29) is 5.69 Å². The van der Waals surface area contributed by atoms with Crippen molar-refractivity contribution in [2.75, 3.05) is 5.73 Å². The van der Waals surface area contributed by atoms with E-state index in [1.165, 1.54) is 0 Å². The Bertz CT molecular complexity index is 275. The average Bonchev–Trinajstić information content (AvgIpc) is 2.11. The smallest absolute Gasteiger partial charge is 0.391 e. The van der Waals surface area contributed by atoms with Crippen molar-refractivity contribution in [3.05, 3.63) is 12.3 Å². The fourth-order valence-corrected chi connectivity index (χ4v) is 0.999. The molecule has 0 aliphatic heterocycles. The minimum absolute atomic E-state index is 0.207. The van der Waals surface area contributed by atoms with Crippen molar-refractivity contribution in [3.8, 4) is 0 Å². The van der Waals surface area contributed by atoms with Crippen LogP contribution < -0.4 is 11.2 Å². The molecule has 0 bridgehead atoms. The van der Waals surface area contributed by atoms with Crippen molar-refractivity contribution < 1.29 is 18.8 Å². The predicted octanol–water partition coefficient (Wildman–Crippen LogP) is -0.335. The van der Waals surface area contributed by atoms with Gasteiger partial charge < -0.3 is 19.9 Å². The van der Waals surface area contributed by atoms with Crippen LogP contribution in [0.2, 0.25) is 0 Å². The molecule has 0 aromatic carbocycles. The van der Waals surface area contributed by atoms with E-state index in [2.05, 4.69) is 4.42 Å². The van der Waals surface area contributed by atoms with Gasteiger partial charge in [0.05, 0.1) is 5.69 Å². The molecule has 1 rings (SSSR count). The lowest BCUT2D eigenvalue weighted by Crippen LogP contribution is -1.98. The molecule has 0 saturated heterocycles. The van der Waals surface area contributed by atoms with Crippen LogP contribution in [0.1, 0.15) is 0 Å². The second-order valence-corrected chi connectivity index (χ2v) is 3.29. The van der Waals surface area contributed by atoms with Gasteiger partial charge in [0.15, 0.2) is 0 Å². The monoisotopic (exact) mass is 163 g/mol. The molecule has 56 valence electrons. The molecule has 1 aromatic heterocycles. The molecule has 1 heterocycles. The van der Waals surface area contributed by atoms with E-state index in [0.29, 0.717) is 0 Å². The number of anilines is 1. The van der Waals surface area contributed by atoms with E-state index in [1.807, 2.05) is 0 Å². The zero-order valence-electron chi connectivity index (χ0n) is 4.89. The molecule has 5 nitrogen and oxygen atoms in total. The van der Waals surface area contributed by atoms with Gasteiger partial charge in [0.25, 0.3) is 0 Å². The predicted molar refractivity (Wildman–Crippen MR) is 34.8 cm³/mol. The molecular formula is C4H6NO4P. The van der Waals surface area contributed by atoms with Crippen LogP contribution in [0, 0.1) is 0 Å². The summed E-state index contributed by atoms with van der Waals surface area (Å²) in [4.78, 5) is 16.9. The number of furan rings is 1. The molecule has 0 aliphatic carbocycles. The Morgan fingerprint density at radius 2 is 2.20 bits per heavy atom. The van der Waals surface area contributed by atoms with E-state index in [9.17, 15) is 4.57 Å². The lowest BCUT2D eigenvalue weighted by Gasteiger charge is -1.94. The zero-order chi connectivity index (χ0) is 7.78. The van der Waals surface area contributed by atoms with Crippen LogP contribution in [0.4, 0.5) is 5.69 Å². The fourth-order valence-electron chi connectivity index (χ4n) is 0.492. The summed E-state index contributed by atoms with van der Waals surface area (Å²) in [5, 5.41) is 0. The zero-order valence-corrected chi connectivity index (χ0v) is 5.78. The molecule has 0 radical (unpaired) electrons. The molecule has 6 heteroatoms. The highest BCUT2D eigenvalue weighted by atomic mass is 31.2. The van der Waals surface area contributed by atoms with Crippen LogP contribution in [0.15, 0.2) is 16.7 Å². The highest BCUT2D eigenvalue weighted by molar-refractivity contribution is 7.59. The maximum absolute atomic E-state index is 10.4. The summed E-state index contributed by atoms with van der Waals surface area (Å²) in [5.74, 6) is 0. The lowest BCUT2D eigenvalue weighted by atomic mass is 10.6. The van der Waals surface area contributed by atoms with E-state index >= 15 is 0 Å². The summed E-state index contributed by atoms with van der Waals surface area (Å²) < 4.78 is 14.8. The molecule has 0 saturated carbocycles. The minimum atomic E-state index is -4.24. The van der Waals surface area contributed by atoms with Crippen molar-refractivity contribution in [2.45, 2.75) is 0 Å². The van der Waals surface area contributed by atoms with Crippen molar-refractivity contribution >= 4 is 18.8 Å². The molecule has 0 unspecified atom stereocenters. The average molecular weight is 163 g/mol. The molecule has 0 amide bonds. The summed E-state index contributed by atoms with van der Waals surface area (Å²) in [5.41, 5.74) is 4.95. The van der Waals surface area contributed by atoms with Crippen LogP contribution in [0.25, 0.3) is 0 Å². The second-order valence-electron chi connectivity index (χ2n) is 1.76. The Labute approximate surface area is 56.6 Å². The highest BCUT2D eigenvalue weighted by Gasteiger charge is 2.20. The van der Waals surface area contributed by atoms with Gasteiger partial charge in [-0.25, -0.2) is 0 Å². The number of nitrogen functional groups attached to an aromatic ring is 1. The van der Waals surface area contributed by atoms with E-state index in [0.717, 1.165) is 12.3 Å². The SMILES string of the molecule is Nc1coc(P(=O)(O)O)c1. The van der Waals surface area contributed by atoms with Crippen LogP contribution in [0.5, 0.6) is 0 Å². The van der Waals surface area contributed by atoms with E-state index < -0.39 is 13.1 Å². The first-order valence-electron chi connectivity index (χ1n) is 2.40. The van der Waals surface area contributed by atoms with Gasteiger partial charge in [-0.05, 0) is 0 Å². The number of nitrogens with two attached hydrogens (primary N) is 1. The molecule has 1 aromatic rings. The van der Waals surface area contributed by atoms with Crippen molar-refractivity contribution in [3.63, 3.8) is 0 Å². The van der Waals surface area contributed by atoms with Gasteiger partial charge in [-0.2, -0.15) is 0 Å². The van der Waals surface area contributed by atoms with Gasteiger partial charge in [-0.3, -0.25) is 4.57 Å². The first-order valence-corrected chi connectivity index (χ1v) is 4.01. The van der Waals surface area contributed by atoms with Crippen molar-refractivity contribution in [1.82, 2.24) is 0 Å². The first-order chi connectivity index (χ1) is 4.50. The number of rotatable bonds is 1. The molecule has 0 fully saturated rings. The molecule has 10 heavy (non-hydrogen) atoms. The Morgan fingerprint density at radius 3 is 2.40 bits per heavy atom. The Hall–Kier alpha value is -0.770. The largest absolute Gasteiger partial charge is 0.454 e. The van der Waals surface area contributed by atoms with Crippen LogP contribution in [0.3, 0.4) is 0 Å². The normalized spacial score (nSPS) is 11.8. The summed E-state index contributed by atoms with van der Waals surface area (Å²) in [7, 11) is -4.24. The van der Waals surface area contributed by atoms with Crippen LogP contribution in [-0.4, -0.2) is 9.79 Å². The number of hydrogen-bond acceptors (Lipinski definition) is 3. The molecule has 0 aliphatic rings. The van der Waals surface area contributed by atoms with E-state index in [1.54, 1.807) is 0 Å². The first kappa shape index (κ1) is 7.34. The fraction of sp³-hybridized carbons (Fsp3) is 0. The van der Waals surface area contributed by atoms with Gasteiger partial charge >= 0.3 is 7.60 Å². The topological polar surface area (TPSA) is 96.7 Å². The molecule has 4 N–H and O–H groups in total. The standard InChI is InChI=1S/C4H6NO4P/c5-3-1-4(9-2-3)10(6,7)8/h1-2H,5H2,(H2,6,7,8). The maximum atomic E-state index is 10.4. The van der Waals surface area contributed by atoms with Gasteiger partial charge in [0.2, 0.25) is 5.50 Å². The summed E-state index contributed by atoms with van der Waals surface area (Å²) >= 11 is 0. The summed E-state index contributed by atoms with van der Waals surface area (Å²) in [6.45, 7) is 0. The molecule has 0 spiro atoms. The van der Waals surface area contributed by atoms with Gasteiger partial charge in [-0.1, -0.05) is 0 Å². The third kappa shape index (κ3) is 1.39. The quantitative estimate of drug-likeness (QED) is 0.492. The summed E-state index contributed by atoms with van der Waals surface area (Å²) in [6.07, 6.45) is 1.08. The maximum Gasteiger partial charge on any atom is 0.391 e. The third-order valence-electron chi connectivity index (χ3n) is 0.893. The molecular weight excluding hydrogens is 157 g/mol. The third-order valence-corrected chi connectivity index (χ3v) is 1.70. The summed E-state index contributed by atoms with van der Waals surface area (Å²) in [6, 6.07) is 1.10. The van der Waals surface area contributed by atoms with Gasteiger partial charge in [0.1, 0.15) is 6.26 Å². The lowest BCUT2D eigenvalue weighted by molar-refractivity contribution is 0.376.